The maximum Gasteiger partial charge on any atom is 0.296 e. The van der Waals surface area contributed by atoms with Crippen molar-refractivity contribution >= 4 is 34.0 Å². The van der Waals surface area contributed by atoms with Crippen LogP contribution in [0.3, 0.4) is 0 Å². The second-order valence-corrected chi connectivity index (χ2v) is 9.41. The zero-order chi connectivity index (χ0) is 25.1. The topological polar surface area (TPSA) is 82.8 Å². The Morgan fingerprint density at radius 1 is 0.972 bits per heavy atom. The van der Waals surface area contributed by atoms with E-state index in [0.717, 1.165) is 28.0 Å². The first-order valence-electron chi connectivity index (χ1n) is 11.0. The average molecular weight is 518 g/mol. The number of methoxy groups -OCH3 is 1. The number of thiazole rings is 1. The summed E-state index contributed by atoms with van der Waals surface area (Å²) < 4.78 is 13.0. The molecule has 0 radical (unpaired) electrons. The quantitative estimate of drug-likeness (QED) is 0.326. The number of benzene rings is 3. The van der Waals surface area contributed by atoms with Gasteiger partial charge in [-0.15, -0.1) is 0 Å². The third-order valence-corrected chi connectivity index (χ3v) is 6.67. The van der Waals surface area contributed by atoms with Crippen LogP contribution in [0.5, 0.6) is 11.5 Å². The Bertz CT molecular complexity index is 1700. The molecular formula is C27H20ClN3O4S. The molecule has 5 rings (SSSR count). The number of rotatable bonds is 7. The smallest absolute Gasteiger partial charge is 0.296 e. The summed E-state index contributed by atoms with van der Waals surface area (Å²) in [6, 6.07) is 22.4. The normalized spacial score (nSPS) is 11.7. The SMILES string of the molecule is COc1cc(C=c2sc3nc(=O)c(Cc4ccc(Cl)cc4)nn3c2=O)ccc1OCc1ccccc1. The fraction of sp³-hybridized carbons (Fsp3) is 0.111. The van der Waals surface area contributed by atoms with Gasteiger partial charge in [-0.05, 0) is 47.0 Å². The summed E-state index contributed by atoms with van der Waals surface area (Å²) in [5, 5.41) is 4.90. The van der Waals surface area contributed by atoms with Crippen molar-refractivity contribution in [2.24, 2.45) is 0 Å². The zero-order valence-corrected chi connectivity index (χ0v) is 20.8. The summed E-state index contributed by atoms with van der Waals surface area (Å²) in [5.74, 6) is 1.14. The van der Waals surface area contributed by atoms with E-state index >= 15 is 0 Å². The molecule has 9 heteroatoms. The molecule has 0 unspecified atom stereocenters. The first-order valence-corrected chi connectivity index (χ1v) is 12.2. The fourth-order valence-electron chi connectivity index (χ4n) is 3.63. The van der Waals surface area contributed by atoms with Crippen molar-refractivity contribution in [3.05, 3.63) is 125 Å². The van der Waals surface area contributed by atoms with E-state index in [4.69, 9.17) is 21.1 Å². The van der Waals surface area contributed by atoms with E-state index in [9.17, 15) is 9.59 Å². The third kappa shape index (κ3) is 5.15. The molecule has 3 aromatic carbocycles. The number of hydrogen-bond donors (Lipinski definition) is 0. The van der Waals surface area contributed by atoms with Crippen LogP contribution in [0.1, 0.15) is 22.4 Å². The average Bonchev–Trinajstić information content (AvgIpc) is 3.19. The Kier molecular flexibility index (Phi) is 6.79. The van der Waals surface area contributed by atoms with Crippen LogP contribution in [0, 0.1) is 0 Å². The summed E-state index contributed by atoms with van der Waals surface area (Å²) in [5.41, 5.74) is 2.02. The van der Waals surface area contributed by atoms with Crippen LogP contribution in [0.2, 0.25) is 5.02 Å². The van der Waals surface area contributed by atoms with Crippen LogP contribution in [-0.2, 0) is 13.0 Å². The maximum absolute atomic E-state index is 13.0. The van der Waals surface area contributed by atoms with E-state index in [0.29, 0.717) is 27.7 Å². The van der Waals surface area contributed by atoms with Crippen LogP contribution in [-0.4, -0.2) is 21.7 Å². The number of ether oxygens (including phenoxy) is 2. The van der Waals surface area contributed by atoms with E-state index in [1.165, 1.54) is 4.52 Å². The van der Waals surface area contributed by atoms with E-state index in [1.807, 2.05) is 48.5 Å². The number of aromatic nitrogens is 3. The molecule has 0 saturated heterocycles. The van der Waals surface area contributed by atoms with Gasteiger partial charge in [0.05, 0.1) is 11.6 Å². The van der Waals surface area contributed by atoms with Gasteiger partial charge in [-0.3, -0.25) is 9.59 Å². The Balaban J connectivity index is 1.44. The Labute approximate surface area is 214 Å². The van der Waals surface area contributed by atoms with Gasteiger partial charge in [0.25, 0.3) is 11.1 Å². The van der Waals surface area contributed by atoms with E-state index in [1.54, 1.807) is 37.5 Å². The van der Waals surface area contributed by atoms with Crippen LogP contribution in [0.15, 0.2) is 82.4 Å². The predicted octanol–water partition coefficient (Wildman–Crippen LogP) is 3.89. The summed E-state index contributed by atoms with van der Waals surface area (Å²) in [6.45, 7) is 0.408. The molecule has 0 saturated carbocycles. The molecule has 5 aromatic rings. The molecule has 0 amide bonds. The lowest BCUT2D eigenvalue weighted by Crippen LogP contribution is -2.28. The van der Waals surface area contributed by atoms with Crippen LogP contribution >= 0.6 is 22.9 Å². The molecule has 0 aliphatic heterocycles. The van der Waals surface area contributed by atoms with Crippen molar-refractivity contribution in [2.75, 3.05) is 7.11 Å². The zero-order valence-electron chi connectivity index (χ0n) is 19.2. The molecular weight excluding hydrogens is 498 g/mol. The highest BCUT2D eigenvalue weighted by Gasteiger charge is 2.12. The Morgan fingerprint density at radius 2 is 1.75 bits per heavy atom. The molecule has 180 valence electrons. The van der Waals surface area contributed by atoms with Gasteiger partial charge in [-0.1, -0.05) is 71.5 Å². The van der Waals surface area contributed by atoms with Crippen molar-refractivity contribution in [3.8, 4) is 11.5 Å². The van der Waals surface area contributed by atoms with E-state index < -0.39 is 5.56 Å². The first-order chi connectivity index (χ1) is 17.5. The van der Waals surface area contributed by atoms with Crippen LogP contribution in [0.4, 0.5) is 0 Å². The highest BCUT2D eigenvalue weighted by molar-refractivity contribution is 7.15. The summed E-state index contributed by atoms with van der Waals surface area (Å²) in [6.07, 6.45) is 1.97. The molecule has 0 N–H and O–H groups in total. The Morgan fingerprint density at radius 3 is 2.50 bits per heavy atom. The highest BCUT2D eigenvalue weighted by Crippen LogP contribution is 2.29. The van der Waals surface area contributed by atoms with Crippen molar-refractivity contribution in [1.82, 2.24) is 14.6 Å². The van der Waals surface area contributed by atoms with Gasteiger partial charge in [0.1, 0.15) is 12.3 Å². The number of nitrogens with zero attached hydrogens (tertiary/aromatic N) is 3. The molecule has 0 fully saturated rings. The largest absolute Gasteiger partial charge is 0.493 e. The lowest BCUT2D eigenvalue weighted by molar-refractivity contribution is 0.284. The summed E-state index contributed by atoms with van der Waals surface area (Å²) in [4.78, 5) is 29.9. The lowest BCUT2D eigenvalue weighted by Gasteiger charge is -2.11. The first kappa shape index (κ1) is 23.7. The van der Waals surface area contributed by atoms with E-state index in [-0.39, 0.29) is 22.6 Å². The number of halogens is 1. The molecule has 36 heavy (non-hydrogen) atoms. The van der Waals surface area contributed by atoms with Crippen LogP contribution in [0.25, 0.3) is 11.0 Å². The van der Waals surface area contributed by atoms with Gasteiger partial charge >= 0.3 is 0 Å². The minimum atomic E-state index is -0.459. The summed E-state index contributed by atoms with van der Waals surface area (Å²) in [7, 11) is 1.56. The molecule has 0 aliphatic carbocycles. The molecule has 2 aromatic heterocycles. The second-order valence-electron chi connectivity index (χ2n) is 7.96. The fourth-order valence-corrected chi connectivity index (χ4v) is 4.66. The van der Waals surface area contributed by atoms with Crippen molar-refractivity contribution < 1.29 is 9.47 Å². The van der Waals surface area contributed by atoms with Gasteiger partial charge in [0.15, 0.2) is 11.5 Å². The van der Waals surface area contributed by atoms with E-state index in [2.05, 4.69) is 10.1 Å². The third-order valence-electron chi connectivity index (χ3n) is 5.46. The maximum atomic E-state index is 13.0. The van der Waals surface area contributed by atoms with Crippen molar-refractivity contribution in [2.45, 2.75) is 13.0 Å². The number of hydrogen-bond acceptors (Lipinski definition) is 7. The lowest BCUT2D eigenvalue weighted by atomic mass is 10.1. The minimum absolute atomic E-state index is 0.192. The number of fused-ring (bicyclic) bond motifs is 1. The van der Waals surface area contributed by atoms with Gasteiger partial charge in [0.2, 0.25) is 4.96 Å². The van der Waals surface area contributed by atoms with Gasteiger partial charge < -0.3 is 9.47 Å². The molecule has 0 atom stereocenters. The van der Waals surface area contributed by atoms with Crippen molar-refractivity contribution in [3.63, 3.8) is 0 Å². The standard InChI is InChI=1S/C27H20ClN3O4S/c1-34-23-14-19(9-12-22(23)35-16-18-5-3-2-4-6-18)15-24-26(33)31-27(36-24)29-25(32)21(30-31)13-17-7-10-20(28)11-8-17/h2-12,14-15H,13,16H2,1H3. The molecule has 2 heterocycles. The molecule has 0 bridgehead atoms. The van der Waals surface area contributed by atoms with Crippen LogP contribution < -0.4 is 25.1 Å². The van der Waals surface area contributed by atoms with Gasteiger partial charge in [-0.2, -0.15) is 14.6 Å². The summed E-state index contributed by atoms with van der Waals surface area (Å²) >= 11 is 7.04. The monoisotopic (exact) mass is 517 g/mol. The van der Waals surface area contributed by atoms with Gasteiger partial charge in [-0.25, -0.2) is 0 Å². The molecule has 0 spiro atoms. The highest BCUT2D eigenvalue weighted by atomic mass is 35.5. The van der Waals surface area contributed by atoms with Crippen molar-refractivity contribution in [1.29, 1.82) is 0 Å². The molecule has 0 aliphatic rings. The Hall–Kier alpha value is -4.01. The van der Waals surface area contributed by atoms with Gasteiger partial charge in [0, 0.05) is 11.4 Å². The predicted molar refractivity (Wildman–Crippen MR) is 140 cm³/mol. The minimum Gasteiger partial charge on any atom is -0.493 e. The second kappa shape index (κ2) is 10.3. The molecule has 7 nitrogen and oxygen atoms in total.